The highest BCUT2D eigenvalue weighted by molar-refractivity contribution is 5.80. The van der Waals surface area contributed by atoms with Crippen molar-refractivity contribution in [3.8, 4) is 0 Å². The first kappa shape index (κ1) is 12.7. The van der Waals surface area contributed by atoms with Gasteiger partial charge in [0.05, 0.1) is 18.8 Å². The van der Waals surface area contributed by atoms with Crippen LogP contribution in [-0.2, 0) is 10.3 Å². The van der Waals surface area contributed by atoms with Crippen molar-refractivity contribution in [1.29, 1.82) is 0 Å². The van der Waals surface area contributed by atoms with Crippen molar-refractivity contribution < 1.29 is 9.84 Å². The number of ether oxygens (including phenoxy) is 1. The number of benzene rings is 1. The van der Waals surface area contributed by atoms with Gasteiger partial charge in [0.15, 0.2) is 0 Å². The highest BCUT2D eigenvalue weighted by atomic mass is 16.5. The Morgan fingerprint density at radius 3 is 3.11 bits per heavy atom. The summed E-state index contributed by atoms with van der Waals surface area (Å²) in [5.41, 5.74) is 1.20. The summed E-state index contributed by atoms with van der Waals surface area (Å²) in [5.74, 6) is 0. The number of aromatic nitrogens is 1. The molecule has 1 saturated heterocycles. The first-order valence-corrected chi connectivity index (χ1v) is 6.76. The molecule has 1 aromatic carbocycles. The summed E-state index contributed by atoms with van der Waals surface area (Å²) >= 11 is 0. The van der Waals surface area contributed by atoms with E-state index in [1.165, 1.54) is 0 Å². The largest absolute Gasteiger partial charge is 0.385 e. The molecule has 0 aliphatic carbocycles. The maximum Gasteiger partial charge on any atom is 0.0884 e. The molecule has 0 spiro atoms. The van der Waals surface area contributed by atoms with E-state index in [1.807, 2.05) is 31.3 Å². The van der Waals surface area contributed by atoms with Crippen LogP contribution in [0.1, 0.15) is 18.9 Å². The third kappa shape index (κ3) is 2.66. The van der Waals surface area contributed by atoms with E-state index in [0.717, 1.165) is 29.6 Å². The van der Waals surface area contributed by atoms with Crippen LogP contribution in [0.15, 0.2) is 30.5 Å². The SMILES string of the molecule is CC(O)(CC1COCCN1)c1ccc2[nH]ccc2c1. The van der Waals surface area contributed by atoms with Gasteiger partial charge in [-0.2, -0.15) is 0 Å². The number of fused-ring (bicyclic) bond motifs is 1. The van der Waals surface area contributed by atoms with Crippen LogP contribution in [0.4, 0.5) is 0 Å². The zero-order valence-electron chi connectivity index (χ0n) is 11.1. The molecule has 19 heavy (non-hydrogen) atoms. The molecule has 3 rings (SSSR count). The summed E-state index contributed by atoms with van der Waals surface area (Å²) in [6.45, 7) is 4.16. The molecule has 1 aliphatic heterocycles. The molecule has 2 unspecified atom stereocenters. The van der Waals surface area contributed by atoms with Gasteiger partial charge in [0.2, 0.25) is 0 Å². The van der Waals surface area contributed by atoms with Crippen molar-refractivity contribution >= 4 is 10.9 Å². The lowest BCUT2D eigenvalue weighted by Gasteiger charge is -2.32. The number of morpholine rings is 1. The van der Waals surface area contributed by atoms with E-state index in [4.69, 9.17) is 4.74 Å². The molecule has 1 aliphatic rings. The summed E-state index contributed by atoms with van der Waals surface area (Å²) in [6.07, 6.45) is 2.57. The third-order valence-electron chi connectivity index (χ3n) is 3.82. The van der Waals surface area contributed by atoms with Crippen LogP contribution < -0.4 is 5.32 Å². The van der Waals surface area contributed by atoms with E-state index in [2.05, 4.69) is 16.4 Å². The Morgan fingerprint density at radius 2 is 2.32 bits per heavy atom. The number of aliphatic hydroxyl groups is 1. The molecule has 0 saturated carbocycles. The van der Waals surface area contributed by atoms with Crippen molar-refractivity contribution in [3.63, 3.8) is 0 Å². The number of H-pyrrole nitrogens is 1. The van der Waals surface area contributed by atoms with Gasteiger partial charge in [0, 0.05) is 24.3 Å². The Bertz CT molecular complexity index is 556. The van der Waals surface area contributed by atoms with Gasteiger partial charge in [0.1, 0.15) is 0 Å². The maximum absolute atomic E-state index is 10.7. The van der Waals surface area contributed by atoms with Crippen LogP contribution in [0, 0.1) is 0 Å². The summed E-state index contributed by atoms with van der Waals surface area (Å²) in [5, 5.41) is 15.2. The fourth-order valence-electron chi connectivity index (χ4n) is 2.74. The minimum Gasteiger partial charge on any atom is -0.385 e. The van der Waals surface area contributed by atoms with Crippen molar-refractivity contribution in [2.24, 2.45) is 0 Å². The number of hydrogen-bond donors (Lipinski definition) is 3. The summed E-state index contributed by atoms with van der Waals surface area (Å²) < 4.78 is 5.44. The van der Waals surface area contributed by atoms with E-state index < -0.39 is 5.60 Å². The lowest BCUT2D eigenvalue weighted by Crippen LogP contribution is -2.45. The van der Waals surface area contributed by atoms with Crippen LogP contribution in [0.5, 0.6) is 0 Å². The Morgan fingerprint density at radius 1 is 1.42 bits per heavy atom. The van der Waals surface area contributed by atoms with Crippen molar-refractivity contribution in [2.45, 2.75) is 25.0 Å². The van der Waals surface area contributed by atoms with E-state index in [-0.39, 0.29) is 6.04 Å². The summed E-state index contributed by atoms with van der Waals surface area (Å²) in [6, 6.07) is 8.30. The van der Waals surface area contributed by atoms with E-state index in [0.29, 0.717) is 13.0 Å². The van der Waals surface area contributed by atoms with Gasteiger partial charge in [-0.15, -0.1) is 0 Å². The molecule has 2 heterocycles. The van der Waals surface area contributed by atoms with Gasteiger partial charge in [-0.3, -0.25) is 0 Å². The maximum atomic E-state index is 10.7. The summed E-state index contributed by atoms with van der Waals surface area (Å²) in [7, 11) is 0. The minimum absolute atomic E-state index is 0.214. The molecular weight excluding hydrogens is 240 g/mol. The van der Waals surface area contributed by atoms with Crippen LogP contribution in [0.25, 0.3) is 10.9 Å². The Balaban J connectivity index is 1.81. The van der Waals surface area contributed by atoms with Gasteiger partial charge in [-0.05, 0) is 42.5 Å². The quantitative estimate of drug-likeness (QED) is 0.788. The molecule has 3 N–H and O–H groups in total. The smallest absolute Gasteiger partial charge is 0.0884 e. The molecule has 1 fully saturated rings. The Hall–Kier alpha value is -1.36. The lowest BCUT2D eigenvalue weighted by molar-refractivity contribution is 0.00330. The standard InChI is InChI=1S/C15H20N2O2/c1-15(18,9-13-10-19-7-6-16-13)12-2-3-14-11(8-12)4-5-17-14/h2-5,8,13,16-18H,6-7,9-10H2,1H3. The van der Waals surface area contributed by atoms with Crippen LogP contribution in [-0.4, -0.2) is 35.9 Å². The van der Waals surface area contributed by atoms with Crippen molar-refractivity contribution in [2.75, 3.05) is 19.8 Å². The first-order chi connectivity index (χ1) is 9.15. The molecule has 1 aromatic heterocycles. The van der Waals surface area contributed by atoms with Crippen molar-refractivity contribution in [1.82, 2.24) is 10.3 Å². The topological polar surface area (TPSA) is 57.3 Å². The molecular formula is C15H20N2O2. The molecule has 0 amide bonds. The average Bonchev–Trinajstić information content (AvgIpc) is 2.86. The zero-order chi connectivity index (χ0) is 13.3. The highest BCUT2D eigenvalue weighted by Gasteiger charge is 2.28. The van der Waals surface area contributed by atoms with Gasteiger partial charge in [-0.1, -0.05) is 6.07 Å². The van der Waals surface area contributed by atoms with Gasteiger partial charge < -0.3 is 20.1 Å². The normalized spacial score (nSPS) is 23.4. The van der Waals surface area contributed by atoms with Gasteiger partial charge in [-0.25, -0.2) is 0 Å². The van der Waals surface area contributed by atoms with Gasteiger partial charge in [0.25, 0.3) is 0 Å². The number of rotatable bonds is 3. The second-order valence-electron chi connectivity index (χ2n) is 5.48. The molecule has 4 heteroatoms. The molecule has 4 nitrogen and oxygen atoms in total. The van der Waals surface area contributed by atoms with E-state index in [9.17, 15) is 5.11 Å². The number of nitrogens with one attached hydrogen (secondary N) is 2. The lowest BCUT2D eigenvalue weighted by atomic mass is 9.88. The van der Waals surface area contributed by atoms with E-state index >= 15 is 0 Å². The minimum atomic E-state index is -0.843. The predicted octanol–water partition coefficient (Wildman–Crippen LogP) is 1.75. The average molecular weight is 260 g/mol. The highest BCUT2D eigenvalue weighted by Crippen LogP contribution is 2.29. The number of hydrogen-bond acceptors (Lipinski definition) is 3. The molecule has 0 radical (unpaired) electrons. The van der Waals surface area contributed by atoms with Crippen LogP contribution >= 0.6 is 0 Å². The second kappa shape index (κ2) is 4.96. The first-order valence-electron chi connectivity index (χ1n) is 6.76. The molecule has 2 atom stereocenters. The molecule has 0 bridgehead atoms. The second-order valence-corrected chi connectivity index (χ2v) is 5.48. The Kier molecular flexibility index (Phi) is 3.31. The fraction of sp³-hybridized carbons (Fsp3) is 0.467. The predicted molar refractivity (Wildman–Crippen MR) is 75.1 cm³/mol. The van der Waals surface area contributed by atoms with Crippen LogP contribution in [0.2, 0.25) is 0 Å². The monoisotopic (exact) mass is 260 g/mol. The van der Waals surface area contributed by atoms with E-state index in [1.54, 1.807) is 0 Å². The molecule has 2 aromatic rings. The van der Waals surface area contributed by atoms with Gasteiger partial charge >= 0.3 is 0 Å². The zero-order valence-corrected chi connectivity index (χ0v) is 11.1. The molecule has 102 valence electrons. The third-order valence-corrected chi connectivity index (χ3v) is 3.82. The van der Waals surface area contributed by atoms with Crippen molar-refractivity contribution in [3.05, 3.63) is 36.0 Å². The number of aromatic amines is 1. The summed E-state index contributed by atoms with van der Waals surface area (Å²) in [4.78, 5) is 3.17. The fourth-order valence-corrected chi connectivity index (χ4v) is 2.74. The Labute approximate surface area is 112 Å². The van der Waals surface area contributed by atoms with Crippen LogP contribution in [0.3, 0.4) is 0 Å².